The third kappa shape index (κ3) is 3.72. The molecule has 4 rings (SSSR count). The lowest BCUT2D eigenvalue weighted by Crippen LogP contribution is -2.47. The second-order valence-electron chi connectivity index (χ2n) is 7.93. The van der Waals surface area contributed by atoms with Crippen LogP contribution in [0.15, 0.2) is 35.7 Å². The van der Waals surface area contributed by atoms with Gasteiger partial charge in [-0.05, 0) is 60.7 Å². The molecule has 1 aromatic carbocycles. The summed E-state index contributed by atoms with van der Waals surface area (Å²) >= 11 is 1.78. The van der Waals surface area contributed by atoms with E-state index in [1.807, 2.05) is 17.0 Å². The van der Waals surface area contributed by atoms with Gasteiger partial charge >= 0.3 is 0 Å². The van der Waals surface area contributed by atoms with E-state index in [1.165, 1.54) is 21.6 Å². The van der Waals surface area contributed by atoms with Crippen molar-refractivity contribution < 1.29 is 9.59 Å². The Labute approximate surface area is 171 Å². The van der Waals surface area contributed by atoms with Gasteiger partial charge in [-0.25, -0.2) is 0 Å². The molecule has 1 fully saturated rings. The van der Waals surface area contributed by atoms with E-state index in [0.29, 0.717) is 13.1 Å². The van der Waals surface area contributed by atoms with Crippen molar-refractivity contribution in [3.8, 4) is 0 Å². The zero-order chi connectivity index (χ0) is 19.7. The molecular formula is C23H28N2O2S. The number of aryl methyl sites for hydroxylation is 1. The summed E-state index contributed by atoms with van der Waals surface area (Å²) in [5.41, 5.74) is 3.63. The van der Waals surface area contributed by atoms with Gasteiger partial charge in [0.15, 0.2) is 0 Å². The minimum absolute atomic E-state index is 0.0526. The first kappa shape index (κ1) is 19.2. The fourth-order valence-electron chi connectivity index (χ4n) is 4.19. The van der Waals surface area contributed by atoms with Crippen LogP contribution in [0.5, 0.6) is 0 Å². The first-order valence-corrected chi connectivity index (χ1v) is 11.2. The largest absolute Gasteiger partial charge is 0.333 e. The van der Waals surface area contributed by atoms with Crippen molar-refractivity contribution in [2.24, 2.45) is 5.92 Å². The average Bonchev–Trinajstić information content (AvgIpc) is 3.43. The molecule has 148 valence electrons. The van der Waals surface area contributed by atoms with E-state index in [-0.39, 0.29) is 30.3 Å². The highest BCUT2D eigenvalue weighted by atomic mass is 32.1. The maximum absolute atomic E-state index is 13.4. The number of thiophene rings is 1. The van der Waals surface area contributed by atoms with Crippen LogP contribution in [0.2, 0.25) is 0 Å². The lowest BCUT2D eigenvalue weighted by Gasteiger charge is -2.38. The van der Waals surface area contributed by atoms with Crippen molar-refractivity contribution in [3.63, 3.8) is 0 Å². The van der Waals surface area contributed by atoms with Gasteiger partial charge in [0, 0.05) is 23.9 Å². The van der Waals surface area contributed by atoms with E-state index in [9.17, 15) is 9.59 Å². The topological polar surface area (TPSA) is 40.6 Å². The SMILES string of the molecule is CCCN(CC(=O)N1CCc2sccc2[C@H]1c1ccccc1C)C(=O)C1CC1. The van der Waals surface area contributed by atoms with Crippen molar-refractivity contribution >= 4 is 23.2 Å². The standard InChI is InChI=1S/C23H28N2O2S/c1-3-12-24(23(27)17-8-9-17)15-21(26)25-13-10-20-19(11-14-28-20)22(25)18-7-5-4-6-16(18)2/h4-7,11,14,17,22H,3,8-10,12-13,15H2,1-2H3/t22-/m1/s1. The molecule has 0 bridgehead atoms. The van der Waals surface area contributed by atoms with Gasteiger partial charge in [0.2, 0.25) is 11.8 Å². The molecule has 5 heteroatoms. The number of rotatable bonds is 6. The predicted octanol–water partition coefficient (Wildman–Crippen LogP) is 4.18. The van der Waals surface area contributed by atoms with Crippen molar-refractivity contribution in [1.29, 1.82) is 0 Å². The summed E-state index contributed by atoms with van der Waals surface area (Å²) in [6.07, 6.45) is 3.72. The molecule has 28 heavy (non-hydrogen) atoms. The van der Waals surface area contributed by atoms with E-state index < -0.39 is 0 Å². The monoisotopic (exact) mass is 396 g/mol. The minimum Gasteiger partial charge on any atom is -0.333 e. The van der Waals surface area contributed by atoms with Gasteiger partial charge in [-0.2, -0.15) is 0 Å². The normalized spacial score (nSPS) is 18.6. The molecule has 1 atom stereocenters. The molecule has 2 amide bonds. The van der Waals surface area contributed by atoms with Crippen molar-refractivity contribution in [3.05, 3.63) is 57.3 Å². The summed E-state index contributed by atoms with van der Waals surface area (Å²) in [6, 6.07) is 10.4. The molecule has 1 saturated carbocycles. The molecule has 2 aromatic rings. The first-order chi connectivity index (χ1) is 13.6. The van der Waals surface area contributed by atoms with Crippen LogP contribution in [0.25, 0.3) is 0 Å². The molecule has 4 nitrogen and oxygen atoms in total. The van der Waals surface area contributed by atoms with Gasteiger partial charge in [0.05, 0.1) is 12.6 Å². The Morgan fingerprint density at radius 3 is 2.68 bits per heavy atom. The van der Waals surface area contributed by atoms with Gasteiger partial charge in [0.1, 0.15) is 0 Å². The first-order valence-electron chi connectivity index (χ1n) is 10.3. The number of nitrogens with zero attached hydrogens (tertiary/aromatic N) is 2. The zero-order valence-corrected chi connectivity index (χ0v) is 17.5. The van der Waals surface area contributed by atoms with E-state index in [0.717, 1.165) is 25.7 Å². The summed E-state index contributed by atoms with van der Waals surface area (Å²) in [5.74, 6) is 0.375. The van der Waals surface area contributed by atoms with Crippen LogP contribution in [-0.2, 0) is 16.0 Å². The van der Waals surface area contributed by atoms with Crippen LogP contribution in [0.4, 0.5) is 0 Å². The summed E-state index contributed by atoms with van der Waals surface area (Å²) < 4.78 is 0. The van der Waals surface area contributed by atoms with Gasteiger partial charge in [-0.15, -0.1) is 11.3 Å². The van der Waals surface area contributed by atoms with Crippen LogP contribution in [0.1, 0.15) is 53.8 Å². The predicted molar refractivity (Wildman–Crippen MR) is 112 cm³/mol. The zero-order valence-electron chi connectivity index (χ0n) is 16.7. The second kappa shape index (κ2) is 8.08. The molecule has 2 heterocycles. The van der Waals surface area contributed by atoms with Crippen LogP contribution < -0.4 is 0 Å². The highest BCUT2D eigenvalue weighted by molar-refractivity contribution is 7.10. The van der Waals surface area contributed by atoms with Crippen LogP contribution in [0, 0.1) is 12.8 Å². The van der Waals surface area contributed by atoms with Crippen molar-refractivity contribution in [2.75, 3.05) is 19.6 Å². The Kier molecular flexibility index (Phi) is 5.54. The molecule has 0 spiro atoms. The van der Waals surface area contributed by atoms with Crippen molar-refractivity contribution in [1.82, 2.24) is 9.80 Å². The molecule has 0 radical (unpaired) electrons. The van der Waals surface area contributed by atoms with Gasteiger partial charge in [-0.1, -0.05) is 31.2 Å². The Morgan fingerprint density at radius 2 is 1.96 bits per heavy atom. The minimum atomic E-state index is -0.0526. The van der Waals surface area contributed by atoms with Gasteiger partial charge in [0.25, 0.3) is 0 Å². The number of carbonyl (C=O) groups excluding carboxylic acids is 2. The molecule has 1 aliphatic heterocycles. The van der Waals surface area contributed by atoms with Gasteiger partial charge < -0.3 is 9.80 Å². The Morgan fingerprint density at radius 1 is 1.18 bits per heavy atom. The van der Waals surface area contributed by atoms with Crippen molar-refractivity contribution in [2.45, 2.75) is 45.6 Å². The fourth-order valence-corrected chi connectivity index (χ4v) is 5.10. The number of fused-ring (bicyclic) bond motifs is 1. The number of amides is 2. The van der Waals surface area contributed by atoms with Crippen LogP contribution >= 0.6 is 11.3 Å². The Hall–Kier alpha value is -2.14. The fraction of sp³-hybridized carbons (Fsp3) is 0.478. The number of carbonyl (C=O) groups is 2. The van der Waals surface area contributed by atoms with E-state index in [2.05, 4.69) is 37.4 Å². The highest BCUT2D eigenvalue weighted by Crippen LogP contribution is 2.39. The summed E-state index contributed by atoms with van der Waals surface area (Å²) in [4.78, 5) is 31.2. The maximum Gasteiger partial charge on any atom is 0.242 e. The molecule has 1 aromatic heterocycles. The smallest absolute Gasteiger partial charge is 0.242 e. The molecule has 0 N–H and O–H groups in total. The molecular weight excluding hydrogens is 368 g/mol. The highest BCUT2D eigenvalue weighted by Gasteiger charge is 2.37. The number of hydrogen-bond donors (Lipinski definition) is 0. The summed E-state index contributed by atoms with van der Waals surface area (Å²) in [7, 11) is 0. The Balaban J connectivity index is 1.62. The lowest BCUT2D eigenvalue weighted by molar-refractivity contribution is -0.142. The van der Waals surface area contributed by atoms with Crippen LogP contribution in [-0.4, -0.2) is 41.2 Å². The Bertz CT molecular complexity index is 871. The van der Waals surface area contributed by atoms with E-state index in [4.69, 9.17) is 0 Å². The van der Waals surface area contributed by atoms with E-state index >= 15 is 0 Å². The summed E-state index contributed by atoms with van der Waals surface area (Å²) in [5, 5.41) is 2.13. The van der Waals surface area contributed by atoms with Gasteiger partial charge in [-0.3, -0.25) is 9.59 Å². The number of benzene rings is 1. The average molecular weight is 397 g/mol. The molecule has 0 unspecified atom stereocenters. The van der Waals surface area contributed by atoms with E-state index in [1.54, 1.807) is 16.2 Å². The molecule has 1 aliphatic carbocycles. The lowest BCUT2D eigenvalue weighted by atomic mass is 9.90. The third-order valence-corrected chi connectivity index (χ3v) is 6.82. The molecule has 0 saturated heterocycles. The summed E-state index contributed by atoms with van der Waals surface area (Å²) in [6.45, 7) is 5.74. The molecule has 2 aliphatic rings. The maximum atomic E-state index is 13.4. The second-order valence-corrected chi connectivity index (χ2v) is 8.93. The quantitative estimate of drug-likeness (QED) is 0.735. The van der Waals surface area contributed by atoms with Crippen LogP contribution in [0.3, 0.4) is 0 Å². The number of hydrogen-bond acceptors (Lipinski definition) is 3. The third-order valence-electron chi connectivity index (χ3n) is 5.83.